The third kappa shape index (κ3) is 6.46. The fourth-order valence-electron chi connectivity index (χ4n) is 1.95. The van der Waals surface area contributed by atoms with Gasteiger partial charge in [-0.15, -0.1) is 0 Å². The smallest absolute Gasteiger partial charge is 0.0704 e. The van der Waals surface area contributed by atoms with Crippen molar-refractivity contribution in [2.45, 2.75) is 58.2 Å². The molecule has 2 unspecified atom stereocenters. The molecule has 96 valence electrons. The Kier molecular flexibility index (Phi) is 7.81. The van der Waals surface area contributed by atoms with Gasteiger partial charge in [-0.1, -0.05) is 13.3 Å². The monoisotopic (exact) mass is 229 g/mol. The zero-order valence-corrected chi connectivity index (χ0v) is 10.8. The molecule has 0 aromatic rings. The maximum atomic E-state index is 5.73. The Bertz CT molecular complexity index is 164. The van der Waals surface area contributed by atoms with Crippen molar-refractivity contribution < 1.29 is 9.47 Å². The predicted molar refractivity (Wildman–Crippen MR) is 66.8 cm³/mol. The number of hydrogen-bond acceptors (Lipinski definition) is 3. The topological polar surface area (TPSA) is 30.5 Å². The SMILES string of the molecule is CCCCOCCCNCC1CCC(C)O1. The van der Waals surface area contributed by atoms with Crippen LogP contribution in [-0.4, -0.2) is 38.5 Å². The Morgan fingerprint density at radius 2 is 2.06 bits per heavy atom. The van der Waals surface area contributed by atoms with Gasteiger partial charge < -0.3 is 14.8 Å². The molecular formula is C13H27NO2. The minimum atomic E-state index is 0.441. The van der Waals surface area contributed by atoms with E-state index in [-0.39, 0.29) is 0 Å². The molecule has 0 bridgehead atoms. The summed E-state index contributed by atoms with van der Waals surface area (Å²) >= 11 is 0. The molecule has 1 fully saturated rings. The molecule has 0 aliphatic carbocycles. The van der Waals surface area contributed by atoms with E-state index in [0.717, 1.165) is 32.7 Å². The van der Waals surface area contributed by atoms with Gasteiger partial charge in [0.1, 0.15) is 0 Å². The minimum Gasteiger partial charge on any atom is -0.381 e. The molecule has 16 heavy (non-hydrogen) atoms. The van der Waals surface area contributed by atoms with Crippen LogP contribution in [0.15, 0.2) is 0 Å². The number of unbranched alkanes of at least 4 members (excludes halogenated alkanes) is 1. The molecule has 0 aromatic carbocycles. The first-order valence-corrected chi connectivity index (χ1v) is 6.77. The summed E-state index contributed by atoms with van der Waals surface area (Å²) in [5, 5.41) is 3.43. The van der Waals surface area contributed by atoms with E-state index in [4.69, 9.17) is 9.47 Å². The molecule has 0 radical (unpaired) electrons. The zero-order chi connectivity index (χ0) is 11.6. The molecular weight excluding hydrogens is 202 g/mol. The van der Waals surface area contributed by atoms with E-state index >= 15 is 0 Å². The Labute approximate surface area is 99.9 Å². The summed E-state index contributed by atoms with van der Waals surface area (Å²) in [5.41, 5.74) is 0. The average molecular weight is 229 g/mol. The summed E-state index contributed by atoms with van der Waals surface area (Å²) in [5.74, 6) is 0. The number of nitrogens with one attached hydrogen (secondary N) is 1. The van der Waals surface area contributed by atoms with E-state index in [2.05, 4.69) is 19.2 Å². The molecule has 0 spiro atoms. The molecule has 1 aliphatic heterocycles. The van der Waals surface area contributed by atoms with Crippen LogP contribution >= 0.6 is 0 Å². The Balaban J connectivity index is 1.78. The van der Waals surface area contributed by atoms with E-state index < -0.39 is 0 Å². The number of ether oxygens (including phenoxy) is 2. The molecule has 1 heterocycles. The van der Waals surface area contributed by atoms with Crippen molar-refractivity contribution in [1.82, 2.24) is 5.32 Å². The van der Waals surface area contributed by atoms with Crippen molar-refractivity contribution in [2.75, 3.05) is 26.3 Å². The van der Waals surface area contributed by atoms with Crippen molar-refractivity contribution in [3.8, 4) is 0 Å². The van der Waals surface area contributed by atoms with Crippen molar-refractivity contribution in [1.29, 1.82) is 0 Å². The molecule has 1 aliphatic rings. The molecule has 1 rings (SSSR count). The highest BCUT2D eigenvalue weighted by molar-refractivity contribution is 4.72. The van der Waals surface area contributed by atoms with Crippen LogP contribution in [0.4, 0.5) is 0 Å². The van der Waals surface area contributed by atoms with Crippen LogP contribution < -0.4 is 5.32 Å². The zero-order valence-electron chi connectivity index (χ0n) is 10.8. The van der Waals surface area contributed by atoms with Crippen molar-refractivity contribution in [3.63, 3.8) is 0 Å². The van der Waals surface area contributed by atoms with E-state index in [1.807, 2.05) is 0 Å². The van der Waals surface area contributed by atoms with Crippen LogP contribution in [0, 0.1) is 0 Å². The molecule has 1 saturated heterocycles. The summed E-state index contributed by atoms with van der Waals surface area (Å²) < 4.78 is 11.2. The fourth-order valence-corrected chi connectivity index (χ4v) is 1.95. The van der Waals surface area contributed by atoms with Crippen molar-refractivity contribution in [2.24, 2.45) is 0 Å². The summed E-state index contributed by atoms with van der Waals surface area (Å²) in [7, 11) is 0. The van der Waals surface area contributed by atoms with Crippen LogP contribution in [0.1, 0.15) is 46.0 Å². The van der Waals surface area contributed by atoms with Gasteiger partial charge in [-0.2, -0.15) is 0 Å². The lowest BCUT2D eigenvalue weighted by Crippen LogP contribution is -2.28. The lowest BCUT2D eigenvalue weighted by Gasteiger charge is -2.12. The number of rotatable bonds is 9. The highest BCUT2D eigenvalue weighted by Gasteiger charge is 2.20. The Hall–Kier alpha value is -0.120. The lowest BCUT2D eigenvalue weighted by molar-refractivity contribution is 0.0554. The van der Waals surface area contributed by atoms with Crippen LogP contribution in [0.2, 0.25) is 0 Å². The first kappa shape index (κ1) is 13.9. The van der Waals surface area contributed by atoms with E-state index in [0.29, 0.717) is 12.2 Å². The fraction of sp³-hybridized carbons (Fsp3) is 1.00. The van der Waals surface area contributed by atoms with Crippen LogP contribution in [0.25, 0.3) is 0 Å². The Morgan fingerprint density at radius 3 is 2.75 bits per heavy atom. The van der Waals surface area contributed by atoms with Crippen LogP contribution in [0.3, 0.4) is 0 Å². The second-order valence-electron chi connectivity index (χ2n) is 4.67. The average Bonchev–Trinajstić information content (AvgIpc) is 2.68. The maximum absolute atomic E-state index is 5.73. The molecule has 1 N–H and O–H groups in total. The normalized spacial score (nSPS) is 25.1. The van der Waals surface area contributed by atoms with Gasteiger partial charge >= 0.3 is 0 Å². The maximum Gasteiger partial charge on any atom is 0.0704 e. The van der Waals surface area contributed by atoms with Crippen LogP contribution in [-0.2, 0) is 9.47 Å². The molecule has 3 nitrogen and oxygen atoms in total. The van der Waals surface area contributed by atoms with Gasteiger partial charge in [-0.3, -0.25) is 0 Å². The van der Waals surface area contributed by atoms with Crippen molar-refractivity contribution in [3.05, 3.63) is 0 Å². The highest BCUT2D eigenvalue weighted by atomic mass is 16.5. The van der Waals surface area contributed by atoms with Crippen LogP contribution in [0.5, 0.6) is 0 Å². The summed E-state index contributed by atoms with van der Waals surface area (Å²) in [6.45, 7) is 8.18. The molecule has 2 atom stereocenters. The van der Waals surface area contributed by atoms with E-state index in [1.54, 1.807) is 0 Å². The van der Waals surface area contributed by atoms with Gasteiger partial charge in [0.15, 0.2) is 0 Å². The van der Waals surface area contributed by atoms with Gasteiger partial charge in [0, 0.05) is 19.8 Å². The standard InChI is InChI=1S/C13H27NO2/c1-3-4-9-15-10-5-8-14-11-13-7-6-12(2)16-13/h12-14H,3-11H2,1-2H3. The molecule has 0 amide bonds. The lowest BCUT2D eigenvalue weighted by atomic mass is 10.2. The van der Waals surface area contributed by atoms with E-state index in [1.165, 1.54) is 25.7 Å². The largest absolute Gasteiger partial charge is 0.381 e. The quantitative estimate of drug-likeness (QED) is 0.616. The second-order valence-corrected chi connectivity index (χ2v) is 4.67. The highest BCUT2D eigenvalue weighted by Crippen LogP contribution is 2.17. The van der Waals surface area contributed by atoms with Gasteiger partial charge in [0.05, 0.1) is 12.2 Å². The summed E-state index contributed by atoms with van der Waals surface area (Å²) in [6, 6.07) is 0. The minimum absolute atomic E-state index is 0.441. The van der Waals surface area contributed by atoms with Crippen molar-refractivity contribution >= 4 is 0 Å². The predicted octanol–water partition coefficient (Wildman–Crippen LogP) is 2.35. The third-order valence-electron chi connectivity index (χ3n) is 2.98. The molecule has 0 saturated carbocycles. The van der Waals surface area contributed by atoms with Gasteiger partial charge in [0.2, 0.25) is 0 Å². The third-order valence-corrected chi connectivity index (χ3v) is 2.98. The van der Waals surface area contributed by atoms with Gasteiger partial charge in [-0.25, -0.2) is 0 Å². The first-order chi connectivity index (χ1) is 7.83. The summed E-state index contributed by atoms with van der Waals surface area (Å²) in [6.07, 6.45) is 6.83. The van der Waals surface area contributed by atoms with Gasteiger partial charge in [0.25, 0.3) is 0 Å². The summed E-state index contributed by atoms with van der Waals surface area (Å²) in [4.78, 5) is 0. The molecule has 0 aromatic heterocycles. The second kappa shape index (κ2) is 8.97. The Morgan fingerprint density at radius 1 is 1.25 bits per heavy atom. The molecule has 3 heteroatoms. The van der Waals surface area contributed by atoms with Gasteiger partial charge in [-0.05, 0) is 39.2 Å². The first-order valence-electron chi connectivity index (χ1n) is 6.77. The number of hydrogen-bond donors (Lipinski definition) is 1. The van der Waals surface area contributed by atoms with E-state index in [9.17, 15) is 0 Å².